The Hall–Kier alpha value is 2.28. The zero-order valence-corrected chi connectivity index (χ0v) is 4.89. The van der Waals surface area contributed by atoms with Crippen LogP contribution in [0.3, 0.4) is 0 Å². The third-order valence-corrected chi connectivity index (χ3v) is 0. The number of phosphoric acid groups is 1. The van der Waals surface area contributed by atoms with Crippen LogP contribution in [0.4, 0.5) is 4.79 Å². The molecule has 0 heterocycles. The van der Waals surface area contributed by atoms with Crippen LogP contribution in [0, 0.1) is 0 Å². The molecule has 10 heteroatoms. The van der Waals surface area contributed by atoms with Crippen LogP contribution in [0.25, 0.3) is 0 Å². The van der Waals surface area contributed by atoms with E-state index in [4.69, 9.17) is 34.3 Å². The average Bonchev–Trinajstić information content (AvgIpc) is 1.19. The molecule has 0 amide bonds. The Morgan fingerprint density at radius 3 is 1.09 bits per heavy atom. The van der Waals surface area contributed by atoms with E-state index in [0.717, 1.165) is 0 Å². The van der Waals surface area contributed by atoms with Gasteiger partial charge in [-0.2, -0.15) is 0 Å². The molecule has 0 spiro atoms. The van der Waals surface area contributed by atoms with Gasteiger partial charge in [0.1, 0.15) is 0 Å². The predicted molar refractivity (Wildman–Crippen MR) is 40.6 cm³/mol. The van der Waals surface area contributed by atoms with Gasteiger partial charge >= 0.3 is 103 Å². The third-order valence-electron chi connectivity index (χ3n) is 0. The molecule has 7 nitrogen and oxygen atoms in total. The summed E-state index contributed by atoms with van der Waals surface area (Å²) in [7, 11) is -4.64. The molecular weight excluding hydrogens is 234 g/mol. The maximum absolute atomic E-state index is 8.88. The molecule has 0 saturated carbocycles. The monoisotopic (exact) mass is 242 g/mol. The van der Waals surface area contributed by atoms with Crippen LogP contribution < -0.4 is 0 Å². The topological polar surface area (TPSA) is 135 Å². The van der Waals surface area contributed by atoms with Crippen LogP contribution in [0.15, 0.2) is 0 Å². The molecule has 0 aromatic heterocycles. The van der Waals surface area contributed by atoms with Gasteiger partial charge in [0.05, 0.1) is 0 Å². The van der Waals surface area contributed by atoms with Crippen molar-refractivity contribution in [3.8, 4) is 0 Å². The number of carboxylic acid groups (broad SMARTS) is 2. The van der Waals surface area contributed by atoms with Crippen molar-refractivity contribution in [1.29, 1.82) is 0 Å². The van der Waals surface area contributed by atoms with Crippen LogP contribution in [0.2, 0.25) is 0 Å². The van der Waals surface area contributed by atoms with E-state index in [1.807, 2.05) is 0 Å². The number of carbonyl (C=O) groups is 1. The van der Waals surface area contributed by atoms with E-state index >= 15 is 0 Å². The molecular formula is CH8CaKO7P. The molecule has 0 atom stereocenters. The summed E-state index contributed by atoms with van der Waals surface area (Å²) in [4.78, 5) is 30.1. The SMILES string of the molecule is O=C(O)O.O=P(O)(O)O.[CaH2].[KH]. The van der Waals surface area contributed by atoms with Crippen LogP contribution in [-0.4, -0.2) is 120 Å². The summed E-state index contributed by atoms with van der Waals surface area (Å²) in [5.41, 5.74) is 0. The van der Waals surface area contributed by atoms with Crippen molar-refractivity contribution in [1.82, 2.24) is 0 Å². The normalized spacial score (nSPS) is 7.55. The standard InChI is InChI=1S/CH2O3.Ca.K.H3O4P.3H/c2-1(3)4;;;1-5(2,3)4;;;/h(H2,2,3,4);;;(H3,1,2,3,4);;;. The van der Waals surface area contributed by atoms with Gasteiger partial charge in [-0.3, -0.25) is 0 Å². The Bertz CT molecular complexity index is 118. The minimum absolute atomic E-state index is 0. The summed E-state index contributed by atoms with van der Waals surface area (Å²) in [6.45, 7) is 0. The molecule has 0 saturated heterocycles. The molecule has 0 bridgehead atoms. The Morgan fingerprint density at radius 2 is 1.09 bits per heavy atom. The van der Waals surface area contributed by atoms with Crippen LogP contribution in [0.5, 0.6) is 0 Å². The van der Waals surface area contributed by atoms with Gasteiger partial charge in [-0.05, 0) is 0 Å². The molecule has 11 heavy (non-hydrogen) atoms. The zero-order valence-electron chi connectivity index (χ0n) is 4.00. The van der Waals surface area contributed by atoms with Gasteiger partial charge in [0, 0.05) is 0 Å². The van der Waals surface area contributed by atoms with Crippen molar-refractivity contribution >= 4 is 103 Å². The van der Waals surface area contributed by atoms with E-state index in [1.165, 1.54) is 0 Å². The number of rotatable bonds is 0. The Kier molecular flexibility index (Phi) is 25.9. The first-order valence-corrected chi connectivity index (χ1v) is 3.00. The van der Waals surface area contributed by atoms with Crippen molar-refractivity contribution in [2.75, 3.05) is 0 Å². The van der Waals surface area contributed by atoms with Gasteiger partial charge in [0.2, 0.25) is 0 Å². The van der Waals surface area contributed by atoms with Crippen LogP contribution >= 0.6 is 7.82 Å². The predicted octanol–water partition coefficient (Wildman–Crippen LogP) is -2.27. The molecule has 0 fully saturated rings. The van der Waals surface area contributed by atoms with Crippen molar-refractivity contribution in [2.24, 2.45) is 0 Å². The summed E-state index contributed by atoms with van der Waals surface area (Å²) in [6, 6.07) is 0. The second-order valence-electron chi connectivity index (χ2n) is 0.796. The molecule has 0 aliphatic carbocycles. The summed E-state index contributed by atoms with van der Waals surface area (Å²) in [6.07, 6.45) is -1.83. The van der Waals surface area contributed by atoms with Crippen LogP contribution in [-0.2, 0) is 4.57 Å². The molecule has 0 aromatic carbocycles. The van der Waals surface area contributed by atoms with Crippen LogP contribution in [0.1, 0.15) is 0 Å². The molecule has 0 aliphatic heterocycles. The fourth-order valence-corrected chi connectivity index (χ4v) is 0. The summed E-state index contributed by atoms with van der Waals surface area (Å²) in [5.74, 6) is 0. The van der Waals surface area contributed by atoms with E-state index in [-0.39, 0.29) is 89.1 Å². The fraction of sp³-hybridized carbons (Fsp3) is 0. The van der Waals surface area contributed by atoms with Crippen molar-refractivity contribution in [2.45, 2.75) is 0 Å². The van der Waals surface area contributed by atoms with Crippen molar-refractivity contribution in [3.05, 3.63) is 0 Å². The quantitative estimate of drug-likeness (QED) is 0.239. The molecule has 0 rings (SSSR count). The zero-order chi connectivity index (χ0) is 8.08. The van der Waals surface area contributed by atoms with E-state index < -0.39 is 14.0 Å². The van der Waals surface area contributed by atoms with Gasteiger partial charge in [-0.15, -0.1) is 0 Å². The third kappa shape index (κ3) is 250. The molecule has 0 aliphatic rings. The maximum atomic E-state index is 8.88. The van der Waals surface area contributed by atoms with E-state index in [2.05, 4.69) is 0 Å². The van der Waals surface area contributed by atoms with Gasteiger partial charge in [-0.25, -0.2) is 9.36 Å². The summed E-state index contributed by atoms with van der Waals surface area (Å²) < 4.78 is 8.88. The second-order valence-corrected chi connectivity index (χ2v) is 1.82. The summed E-state index contributed by atoms with van der Waals surface area (Å²) in [5, 5.41) is 13.9. The van der Waals surface area contributed by atoms with Gasteiger partial charge in [0.15, 0.2) is 0 Å². The molecule has 62 valence electrons. The minimum atomic E-state index is -4.64. The average molecular weight is 242 g/mol. The Balaban J connectivity index is -0.0000000383. The molecule has 0 unspecified atom stereocenters. The Morgan fingerprint density at radius 1 is 1.09 bits per heavy atom. The Labute approximate surface area is 134 Å². The van der Waals surface area contributed by atoms with E-state index in [0.29, 0.717) is 0 Å². The van der Waals surface area contributed by atoms with Crippen molar-refractivity contribution in [3.63, 3.8) is 0 Å². The summed E-state index contributed by atoms with van der Waals surface area (Å²) >= 11 is 0. The fourth-order valence-electron chi connectivity index (χ4n) is 0. The molecule has 0 radical (unpaired) electrons. The van der Waals surface area contributed by atoms with E-state index in [9.17, 15) is 0 Å². The van der Waals surface area contributed by atoms with Crippen molar-refractivity contribution < 1.29 is 34.3 Å². The second kappa shape index (κ2) is 12.3. The van der Waals surface area contributed by atoms with Gasteiger partial charge < -0.3 is 24.9 Å². The van der Waals surface area contributed by atoms with Gasteiger partial charge in [-0.1, -0.05) is 0 Å². The first-order chi connectivity index (χ1) is 3.73. The first-order valence-electron chi connectivity index (χ1n) is 1.43. The first kappa shape index (κ1) is 23.3. The molecule has 5 N–H and O–H groups in total. The van der Waals surface area contributed by atoms with Gasteiger partial charge in [0.25, 0.3) is 0 Å². The van der Waals surface area contributed by atoms with E-state index in [1.54, 1.807) is 0 Å². The number of hydrogen-bond acceptors (Lipinski definition) is 2. The molecule has 0 aromatic rings. The number of hydrogen-bond donors (Lipinski definition) is 5.